The number of carbonyl (C=O) groups excluding carboxylic acids is 2. The van der Waals surface area contributed by atoms with E-state index in [9.17, 15) is 9.59 Å². The minimum absolute atomic E-state index is 0.0818. The highest BCUT2D eigenvalue weighted by atomic mass is 28.4. The summed E-state index contributed by atoms with van der Waals surface area (Å²) >= 11 is 0. The molecule has 0 fully saturated rings. The van der Waals surface area contributed by atoms with Gasteiger partial charge >= 0.3 is 5.97 Å². The van der Waals surface area contributed by atoms with Gasteiger partial charge in [-0.3, -0.25) is 9.59 Å². The summed E-state index contributed by atoms with van der Waals surface area (Å²) in [4.78, 5) is 40.1. The largest absolute Gasteiger partial charge is 0.460 e. The van der Waals surface area contributed by atoms with Crippen molar-refractivity contribution < 1.29 is 41.5 Å². The molecular weight excluding hydrogens is 719 g/mol. The van der Waals surface area contributed by atoms with E-state index in [-0.39, 0.29) is 60.7 Å². The van der Waals surface area contributed by atoms with Crippen molar-refractivity contribution in [1.29, 1.82) is 0 Å². The Labute approximate surface area is 324 Å². The smallest absolute Gasteiger partial charge is 0.308 e. The second-order valence-electron chi connectivity index (χ2n) is 15.7. The molecule has 5 aromatic rings. The number of hydrogen-bond donors (Lipinski definition) is 0. The molecule has 0 spiro atoms. The molecule has 5 rings (SSSR count). The highest BCUT2D eigenvalue weighted by Gasteiger charge is 2.51. The van der Waals surface area contributed by atoms with E-state index in [1.54, 1.807) is 0 Å². The third-order valence-electron chi connectivity index (χ3n) is 9.04. The number of nitrogens with zero attached hydrogens (tertiary/aromatic N) is 3. The molecule has 3 heterocycles. The number of rotatable bonds is 19. The zero-order valence-electron chi connectivity index (χ0n) is 33.1. The minimum atomic E-state index is -2.97. The lowest BCUT2D eigenvalue weighted by Crippen LogP contribution is -2.67. The molecule has 0 bridgehead atoms. The maximum absolute atomic E-state index is 13.4. The molecule has 0 saturated heterocycles. The van der Waals surface area contributed by atoms with Crippen LogP contribution in [0.4, 0.5) is 0 Å². The average Bonchev–Trinajstić information content (AvgIpc) is 3.92. The van der Waals surface area contributed by atoms with Crippen LogP contribution in [0, 0.1) is 0 Å². The van der Waals surface area contributed by atoms with E-state index in [1.807, 2.05) is 64.1 Å². The van der Waals surface area contributed by atoms with E-state index in [4.69, 9.17) is 31.9 Å². The Morgan fingerprint density at radius 2 is 1.38 bits per heavy atom. The van der Waals surface area contributed by atoms with E-state index in [2.05, 4.69) is 60.0 Å². The van der Waals surface area contributed by atoms with Crippen LogP contribution < -0.4 is 10.4 Å². The van der Waals surface area contributed by atoms with Gasteiger partial charge in [-0.05, 0) is 49.0 Å². The Kier molecular flexibility index (Phi) is 13.8. The zero-order valence-corrected chi connectivity index (χ0v) is 34.1. The molecule has 0 saturated carbocycles. The van der Waals surface area contributed by atoms with Crippen LogP contribution >= 0.6 is 0 Å². The zero-order chi connectivity index (χ0) is 39.6. The fourth-order valence-corrected chi connectivity index (χ4v) is 11.3. The molecule has 55 heavy (non-hydrogen) atoms. The molecule has 13 heteroatoms. The van der Waals surface area contributed by atoms with Gasteiger partial charge in [0.2, 0.25) is 17.7 Å². The number of esters is 1. The molecule has 0 aliphatic heterocycles. The van der Waals surface area contributed by atoms with Gasteiger partial charge in [0.25, 0.3) is 8.32 Å². The molecular formula is C42H53N3O9Si. The van der Waals surface area contributed by atoms with Crippen LogP contribution in [-0.2, 0) is 34.8 Å². The van der Waals surface area contributed by atoms with Crippen LogP contribution in [-0.4, -0.2) is 60.6 Å². The van der Waals surface area contributed by atoms with Gasteiger partial charge in [-0.15, -0.1) is 0 Å². The van der Waals surface area contributed by atoms with Crippen molar-refractivity contribution >= 4 is 30.4 Å². The summed E-state index contributed by atoms with van der Waals surface area (Å²) in [5.41, 5.74) is 0.781. The van der Waals surface area contributed by atoms with Gasteiger partial charge in [-0.1, -0.05) is 88.4 Å². The lowest BCUT2D eigenvalue weighted by Gasteiger charge is -2.45. The number of oxazole rings is 3. The van der Waals surface area contributed by atoms with E-state index in [0.717, 1.165) is 10.4 Å². The van der Waals surface area contributed by atoms with Gasteiger partial charge in [0.05, 0.1) is 18.2 Å². The van der Waals surface area contributed by atoms with E-state index >= 15 is 0 Å². The first kappa shape index (κ1) is 41.5. The first-order valence-corrected chi connectivity index (χ1v) is 20.5. The van der Waals surface area contributed by atoms with E-state index in [1.165, 1.54) is 25.9 Å². The number of aromatic nitrogens is 3. The summed E-state index contributed by atoms with van der Waals surface area (Å²) in [6, 6.07) is 20.7. The van der Waals surface area contributed by atoms with Gasteiger partial charge in [-0.2, -0.15) is 0 Å². The fraction of sp³-hybridized carbons (Fsp3) is 0.452. The third-order valence-corrected chi connectivity index (χ3v) is 14.1. The van der Waals surface area contributed by atoms with Crippen molar-refractivity contribution in [2.75, 3.05) is 13.9 Å². The first-order chi connectivity index (χ1) is 26.2. The minimum Gasteiger partial charge on any atom is -0.460 e. The van der Waals surface area contributed by atoms with Gasteiger partial charge in [0, 0.05) is 25.9 Å². The van der Waals surface area contributed by atoms with Crippen LogP contribution in [0.2, 0.25) is 5.04 Å². The molecule has 0 N–H and O–H groups in total. The van der Waals surface area contributed by atoms with Crippen LogP contribution in [0.1, 0.15) is 98.1 Å². The Morgan fingerprint density at radius 1 is 0.782 bits per heavy atom. The summed E-state index contributed by atoms with van der Waals surface area (Å²) in [5.74, 6) is 0.417. The SMILES string of the molecule is COCOCc1nc(-c2nc(-c3nc([C@@H](C)CC(=O)CCC[C@@H](CC(=O)OC(C)(C)C)O[Si](c4ccccc4)(c4ccccc4)C(C)(C)C)co3)co2)co1. The predicted molar refractivity (Wildman–Crippen MR) is 209 cm³/mol. The van der Waals surface area contributed by atoms with E-state index < -0.39 is 20.0 Å². The second-order valence-corrected chi connectivity index (χ2v) is 20.0. The molecule has 0 radical (unpaired) electrons. The topological polar surface area (TPSA) is 149 Å². The molecule has 2 aromatic carbocycles. The monoisotopic (exact) mass is 771 g/mol. The van der Waals surface area contributed by atoms with Crippen LogP contribution in [0.25, 0.3) is 23.2 Å². The number of benzene rings is 2. The number of ether oxygens (including phenoxy) is 3. The van der Waals surface area contributed by atoms with Crippen molar-refractivity contribution in [3.63, 3.8) is 0 Å². The molecule has 0 aliphatic carbocycles. The number of hydrogen-bond acceptors (Lipinski definition) is 12. The summed E-state index contributed by atoms with van der Waals surface area (Å²) in [5, 5.41) is 1.96. The lowest BCUT2D eigenvalue weighted by atomic mass is 9.98. The fourth-order valence-electron chi connectivity index (χ4n) is 6.60. The summed E-state index contributed by atoms with van der Waals surface area (Å²) in [6.45, 7) is 14.4. The average molecular weight is 772 g/mol. The van der Waals surface area contributed by atoms with Crippen molar-refractivity contribution in [2.24, 2.45) is 0 Å². The third kappa shape index (κ3) is 11.0. The normalized spacial score (nSPS) is 13.5. The predicted octanol–water partition coefficient (Wildman–Crippen LogP) is 8.02. The Hall–Kier alpha value is -4.69. The van der Waals surface area contributed by atoms with Crippen molar-refractivity contribution in [3.05, 3.63) is 91.0 Å². The van der Waals surface area contributed by atoms with Crippen molar-refractivity contribution in [3.8, 4) is 23.2 Å². The van der Waals surface area contributed by atoms with E-state index in [0.29, 0.717) is 42.2 Å². The molecule has 0 aliphatic rings. The second kappa shape index (κ2) is 18.3. The standard InChI is InChI=1S/C42H53N3O9Si/c1-29(34-24-51-40(44-34)36-26-52-39(45-36)35-25-50-37(43-35)27-49-28-48-8)22-30(46)16-15-17-31(23-38(47)53-41(2,3)4)54-55(42(5,6)7,32-18-11-9-12-19-32)33-20-13-10-14-21-33/h9-14,18-21,24-26,29,31H,15-17,22-23,27-28H2,1-8H3/t29-,31-/m0/s1. The van der Waals surface area contributed by atoms with Gasteiger partial charge < -0.3 is 31.9 Å². The lowest BCUT2D eigenvalue weighted by molar-refractivity contribution is -0.156. The Balaban J connectivity index is 1.25. The van der Waals surface area contributed by atoms with Crippen molar-refractivity contribution in [2.45, 2.75) is 110 Å². The van der Waals surface area contributed by atoms with Crippen LogP contribution in [0.3, 0.4) is 0 Å². The highest BCUT2D eigenvalue weighted by molar-refractivity contribution is 6.99. The number of ketones is 1. The van der Waals surface area contributed by atoms with Crippen molar-refractivity contribution in [1.82, 2.24) is 15.0 Å². The van der Waals surface area contributed by atoms with Gasteiger partial charge in [0.15, 0.2) is 11.4 Å². The Morgan fingerprint density at radius 3 is 2.00 bits per heavy atom. The van der Waals surface area contributed by atoms with Gasteiger partial charge in [-0.25, -0.2) is 15.0 Å². The number of carbonyl (C=O) groups is 2. The van der Waals surface area contributed by atoms with Crippen LogP contribution in [0.5, 0.6) is 0 Å². The summed E-state index contributed by atoms with van der Waals surface area (Å²) in [7, 11) is -1.44. The molecule has 0 amide bonds. The van der Waals surface area contributed by atoms with Gasteiger partial charge in [0.1, 0.15) is 43.6 Å². The number of Topliss-reactive ketones (excluding diaryl/α,β-unsaturated/α-hetero) is 1. The highest BCUT2D eigenvalue weighted by Crippen LogP contribution is 2.38. The Bertz CT molecular complexity index is 1920. The summed E-state index contributed by atoms with van der Waals surface area (Å²) in [6.07, 6.45) is 5.67. The molecule has 0 unspecified atom stereocenters. The quantitative estimate of drug-likeness (QED) is 0.0346. The first-order valence-electron chi connectivity index (χ1n) is 18.6. The van der Waals surface area contributed by atoms with Crippen LogP contribution in [0.15, 0.2) is 92.7 Å². The molecule has 3 aromatic heterocycles. The molecule has 294 valence electrons. The number of methoxy groups -OCH3 is 1. The molecule has 2 atom stereocenters. The maximum atomic E-state index is 13.4. The molecule has 12 nitrogen and oxygen atoms in total. The maximum Gasteiger partial charge on any atom is 0.308 e. The summed E-state index contributed by atoms with van der Waals surface area (Å²) < 4.78 is 40.0.